The Balaban J connectivity index is 1.86. The molecule has 1 aliphatic heterocycles. The van der Waals surface area contributed by atoms with Crippen LogP contribution in [0.5, 0.6) is 0 Å². The van der Waals surface area contributed by atoms with E-state index in [0.717, 1.165) is 25.6 Å². The highest BCUT2D eigenvalue weighted by Crippen LogP contribution is 2.38. The van der Waals surface area contributed by atoms with E-state index in [4.69, 9.17) is 0 Å². The highest BCUT2D eigenvalue weighted by molar-refractivity contribution is 5.82. The molecule has 0 aromatic carbocycles. The van der Waals surface area contributed by atoms with E-state index in [-0.39, 0.29) is 6.04 Å². The smallest absolute Gasteiger partial charge is 0.239 e. The van der Waals surface area contributed by atoms with Gasteiger partial charge >= 0.3 is 0 Å². The second-order valence-electron chi connectivity index (χ2n) is 5.80. The van der Waals surface area contributed by atoms with Gasteiger partial charge in [0, 0.05) is 20.1 Å². The van der Waals surface area contributed by atoms with Crippen molar-refractivity contribution >= 4 is 5.91 Å². The van der Waals surface area contributed by atoms with Crippen molar-refractivity contribution < 1.29 is 4.79 Å². The number of fused-ring (bicyclic) bond motifs is 1. The zero-order valence-corrected chi connectivity index (χ0v) is 11.3. The minimum absolute atomic E-state index is 0.0923. The zero-order chi connectivity index (χ0) is 12.4. The highest BCUT2D eigenvalue weighted by Gasteiger charge is 2.43. The summed E-state index contributed by atoms with van der Waals surface area (Å²) in [4.78, 5) is 16.3. The number of hydrogen-bond donors (Lipinski definition) is 1. The lowest BCUT2D eigenvalue weighted by atomic mass is 9.93. The normalized spacial score (nSPS) is 31.9. The third kappa shape index (κ3) is 2.80. The molecule has 98 valence electrons. The Bertz CT molecular complexity index is 280. The van der Waals surface area contributed by atoms with Gasteiger partial charge in [-0.05, 0) is 45.3 Å². The Labute approximate surface area is 104 Å². The molecule has 1 amide bonds. The van der Waals surface area contributed by atoms with Gasteiger partial charge in [0.05, 0.1) is 6.04 Å². The number of hydrogen-bond acceptors (Lipinski definition) is 3. The lowest BCUT2D eigenvalue weighted by Crippen LogP contribution is -2.46. The van der Waals surface area contributed by atoms with Gasteiger partial charge in [0.15, 0.2) is 0 Å². The molecule has 3 unspecified atom stereocenters. The van der Waals surface area contributed by atoms with Gasteiger partial charge in [0.2, 0.25) is 5.91 Å². The average Bonchev–Trinajstić information content (AvgIpc) is 2.86. The molecule has 2 aliphatic rings. The SMILES string of the molecule is CN(C)CCN(C)C(=O)C1NCC2CCCC21. The zero-order valence-electron chi connectivity index (χ0n) is 11.3. The van der Waals surface area contributed by atoms with Crippen LogP contribution >= 0.6 is 0 Å². The Morgan fingerprint density at radius 3 is 2.71 bits per heavy atom. The number of rotatable bonds is 4. The van der Waals surface area contributed by atoms with E-state index >= 15 is 0 Å². The molecule has 0 spiro atoms. The van der Waals surface area contributed by atoms with Crippen molar-refractivity contribution in [3.8, 4) is 0 Å². The van der Waals surface area contributed by atoms with Crippen molar-refractivity contribution in [2.24, 2.45) is 11.8 Å². The molecule has 1 heterocycles. The van der Waals surface area contributed by atoms with E-state index in [1.807, 2.05) is 26.0 Å². The predicted octanol–water partition coefficient (Wildman–Crippen LogP) is 0.395. The molecular formula is C13H25N3O. The second kappa shape index (κ2) is 5.36. The number of nitrogens with zero attached hydrogens (tertiary/aromatic N) is 2. The molecule has 1 saturated carbocycles. The van der Waals surface area contributed by atoms with Gasteiger partial charge < -0.3 is 15.1 Å². The number of carbonyl (C=O) groups is 1. The Morgan fingerprint density at radius 1 is 1.24 bits per heavy atom. The molecule has 17 heavy (non-hydrogen) atoms. The Morgan fingerprint density at radius 2 is 2.00 bits per heavy atom. The van der Waals surface area contributed by atoms with E-state index in [0.29, 0.717) is 11.8 Å². The molecule has 0 aromatic rings. The monoisotopic (exact) mass is 239 g/mol. The van der Waals surface area contributed by atoms with Crippen LogP contribution in [0.1, 0.15) is 19.3 Å². The number of carbonyl (C=O) groups excluding carboxylic acids is 1. The summed E-state index contributed by atoms with van der Waals surface area (Å²) in [5, 5.41) is 3.42. The van der Waals surface area contributed by atoms with Crippen LogP contribution in [0.3, 0.4) is 0 Å². The maximum Gasteiger partial charge on any atom is 0.239 e. The molecule has 0 aromatic heterocycles. The van der Waals surface area contributed by atoms with Gasteiger partial charge in [-0.15, -0.1) is 0 Å². The Hall–Kier alpha value is -0.610. The first kappa shape index (κ1) is 12.8. The first-order chi connectivity index (χ1) is 8.09. The molecule has 1 aliphatic carbocycles. The van der Waals surface area contributed by atoms with Crippen LogP contribution in [0.2, 0.25) is 0 Å². The molecule has 2 rings (SSSR count). The maximum absolute atomic E-state index is 12.3. The van der Waals surface area contributed by atoms with Crippen molar-refractivity contribution in [1.82, 2.24) is 15.1 Å². The summed E-state index contributed by atoms with van der Waals surface area (Å²) < 4.78 is 0. The Kier molecular flexibility index (Phi) is 4.05. The number of amides is 1. The first-order valence-corrected chi connectivity index (χ1v) is 6.72. The standard InChI is InChI=1S/C13H25N3O/c1-15(2)7-8-16(3)13(17)12-11-6-4-5-10(11)9-14-12/h10-12,14H,4-9H2,1-3H3. The third-order valence-corrected chi connectivity index (χ3v) is 4.27. The molecule has 2 fully saturated rings. The van der Waals surface area contributed by atoms with E-state index in [1.165, 1.54) is 19.3 Å². The van der Waals surface area contributed by atoms with Crippen molar-refractivity contribution in [2.45, 2.75) is 25.3 Å². The van der Waals surface area contributed by atoms with Crippen LogP contribution < -0.4 is 5.32 Å². The van der Waals surface area contributed by atoms with Gasteiger partial charge in [-0.2, -0.15) is 0 Å². The molecule has 0 bridgehead atoms. The van der Waals surface area contributed by atoms with Crippen LogP contribution in [0.4, 0.5) is 0 Å². The second-order valence-corrected chi connectivity index (χ2v) is 5.80. The van der Waals surface area contributed by atoms with Gasteiger partial charge in [-0.3, -0.25) is 4.79 Å². The molecule has 1 N–H and O–H groups in total. The van der Waals surface area contributed by atoms with Gasteiger partial charge in [0.25, 0.3) is 0 Å². The highest BCUT2D eigenvalue weighted by atomic mass is 16.2. The fraction of sp³-hybridized carbons (Fsp3) is 0.923. The predicted molar refractivity (Wildman–Crippen MR) is 68.8 cm³/mol. The minimum atomic E-state index is 0.0923. The van der Waals surface area contributed by atoms with E-state index in [2.05, 4.69) is 10.2 Å². The minimum Gasteiger partial charge on any atom is -0.343 e. The molecule has 0 radical (unpaired) electrons. The molecular weight excluding hydrogens is 214 g/mol. The third-order valence-electron chi connectivity index (χ3n) is 4.27. The quantitative estimate of drug-likeness (QED) is 0.771. The molecule has 3 atom stereocenters. The topological polar surface area (TPSA) is 35.6 Å². The largest absolute Gasteiger partial charge is 0.343 e. The molecule has 4 nitrogen and oxygen atoms in total. The summed E-state index contributed by atoms with van der Waals surface area (Å²) in [6, 6.07) is 0.0923. The molecule has 1 saturated heterocycles. The van der Waals surface area contributed by atoms with E-state index < -0.39 is 0 Å². The van der Waals surface area contributed by atoms with Crippen LogP contribution in [0.25, 0.3) is 0 Å². The average molecular weight is 239 g/mol. The summed E-state index contributed by atoms with van der Waals surface area (Å²) in [7, 11) is 6.01. The van der Waals surface area contributed by atoms with Crippen LogP contribution in [0, 0.1) is 11.8 Å². The summed E-state index contributed by atoms with van der Waals surface area (Å²) in [5.41, 5.74) is 0. The van der Waals surface area contributed by atoms with Gasteiger partial charge in [-0.25, -0.2) is 0 Å². The first-order valence-electron chi connectivity index (χ1n) is 6.72. The van der Waals surface area contributed by atoms with Crippen molar-refractivity contribution in [2.75, 3.05) is 40.8 Å². The lowest BCUT2D eigenvalue weighted by molar-refractivity contribution is -0.132. The van der Waals surface area contributed by atoms with Crippen LogP contribution in [-0.4, -0.2) is 62.5 Å². The number of nitrogens with one attached hydrogen (secondary N) is 1. The van der Waals surface area contributed by atoms with Crippen LogP contribution in [0.15, 0.2) is 0 Å². The summed E-state index contributed by atoms with van der Waals surface area (Å²) in [5.74, 6) is 1.65. The lowest BCUT2D eigenvalue weighted by Gasteiger charge is -2.25. The fourth-order valence-corrected chi connectivity index (χ4v) is 3.16. The van der Waals surface area contributed by atoms with Crippen molar-refractivity contribution in [1.29, 1.82) is 0 Å². The summed E-state index contributed by atoms with van der Waals surface area (Å²) in [6.07, 6.45) is 3.85. The fourth-order valence-electron chi connectivity index (χ4n) is 3.16. The summed E-state index contributed by atoms with van der Waals surface area (Å²) >= 11 is 0. The maximum atomic E-state index is 12.3. The summed E-state index contributed by atoms with van der Waals surface area (Å²) in [6.45, 7) is 2.80. The van der Waals surface area contributed by atoms with Gasteiger partial charge in [-0.1, -0.05) is 6.42 Å². The van der Waals surface area contributed by atoms with Crippen molar-refractivity contribution in [3.05, 3.63) is 0 Å². The van der Waals surface area contributed by atoms with Gasteiger partial charge in [0.1, 0.15) is 0 Å². The van der Waals surface area contributed by atoms with E-state index in [9.17, 15) is 4.79 Å². The van der Waals surface area contributed by atoms with Crippen LogP contribution in [-0.2, 0) is 4.79 Å². The van der Waals surface area contributed by atoms with Crippen molar-refractivity contribution in [3.63, 3.8) is 0 Å². The van der Waals surface area contributed by atoms with E-state index in [1.54, 1.807) is 0 Å². The molecule has 4 heteroatoms. The number of likely N-dealkylation sites (N-methyl/N-ethyl adjacent to an activating group) is 2.